The Labute approximate surface area is 157 Å². The average molecular weight is 402 g/mol. The zero-order chi connectivity index (χ0) is 17.8. The quantitative estimate of drug-likeness (QED) is 0.724. The average Bonchev–Trinajstić information content (AvgIpc) is 2.62. The number of carbonyl (C=O) groups excluding carboxylic acids is 1. The largest absolute Gasteiger partial charge is 0.481 e. The molecule has 2 aromatic rings. The van der Waals surface area contributed by atoms with E-state index in [2.05, 4.69) is 33.4 Å². The van der Waals surface area contributed by atoms with E-state index in [1.807, 2.05) is 38.1 Å². The predicted octanol–water partition coefficient (Wildman–Crippen LogP) is 5.43. The summed E-state index contributed by atoms with van der Waals surface area (Å²) in [6, 6.07) is 12.0. The van der Waals surface area contributed by atoms with E-state index in [1.165, 1.54) is 24.0 Å². The number of benzene rings is 2. The standard InChI is InChI=1S/C21H24BrNO2/c1-3-20(21(24)23-17-9-11-19(22)14(2)12-17)25-18-10-8-15-6-4-5-7-16(15)13-18/h8-13,20H,3-7H2,1-2H3,(H,23,24)/t20-/m1/s1. The number of anilines is 1. The number of halogens is 1. The molecule has 25 heavy (non-hydrogen) atoms. The minimum atomic E-state index is -0.495. The van der Waals surface area contributed by atoms with Gasteiger partial charge >= 0.3 is 0 Å². The molecule has 0 saturated carbocycles. The Bertz CT molecular complexity index is 772. The van der Waals surface area contributed by atoms with Gasteiger partial charge in [-0.2, -0.15) is 0 Å². The van der Waals surface area contributed by atoms with E-state index in [9.17, 15) is 4.79 Å². The van der Waals surface area contributed by atoms with Crippen LogP contribution in [0.5, 0.6) is 5.75 Å². The van der Waals surface area contributed by atoms with Gasteiger partial charge in [-0.05, 0) is 86.1 Å². The molecular weight excluding hydrogens is 378 g/mol. The highest BCUT2D eigenvalue weighted by molar-refractivity contribution is 9.10. The van der Waals surface area contributed by atoms with Crippen LogP contribution in [0.2, 0.25) is 0 Å². The molecule has 0 heterocycles. The van der Waals surface area contributed by atoms with Crippen LogP contribution in [0.3, 0.4) is 0 Å². The summed E-state index contributed by atoms with van der Waals surface area (Å²) >= 11 is 3.48. The molecule has 1 aliphatic rings. The second-order valence-electron chi connectivity index (χ2n) is 6.61. The van der Waals surface area contributed by atoms with E-state index in [0.29, 0.717) is 6.42 Å². The van der Waals surface area contributed by atoms with Gasteiger partial charge in [0.05, 0.1) is 0 Å². The summed E-state index contributed by atoms with van der Waals surface area (Å²) in [6.07, 6.45) is 4.88. The Hall–Kier alpha value is -1.81. The molecule has 0 unspecified atom stereocenters. The summed E-state index contributed by atoms with van der Waals surface area (Å²) < 4.78 is 7.03. The molecule has 4 heteroatoms. The smallest absolute Gasteiger partial charge is 0.265 e. The SMILES string of the molecule is CC[C@@H](Oc1ccc2c(c1)CCCC2)C(=O)Nc1ccc(Br)c(C)c1. The Morgan fingerprint density at radius 2 is 1.92 bits per heavy atom. The molecule has 1 aliphatic carbocycles. The van der Waals surface area contributed by atoms with Crippen LogP contribution in [0.15, 0.2) is 40.9 Å². The molecule has 3 nitrogen and oxygen atoms in total. The fraction of sp³-hybridized carbons (Fsp3) is 0.381. The van der Waals surface area contributed by atoms with Gasteiger partial charge in [0.2, 0.25) is 0 Å². The van der Waals surface area contributed by atoms with E-state index < -0.39 is 6.10 Å². The lowest BCUT2D eigenvalue weighted by atomic mass is 9.92. The van der Waals surface area contributed by atoms with Gasteiger partial charge in [0.25, 0.3) is 5.91 Å². The molecule has 0 fully saturated rings. The van der Waals surface area contributed by atoms with Crippen molar-refractivity contribution in [2.24, 2.45) is 0 Å². The van der Waals surface area contributed by atoms with Crippen LogP contribution in [-0.4, -0.2) is 12.0 Å². The third-order valence-corrected chi connectivity index (χ3v) is 5.58. The van der Waals surface area contributed by atoms with E-state index in [0.717, 1.165) is 34.3 Å². The normalized spacial score (nSPS) is 14.5. The number of fused-ring (bicyclic) bond motifs is 1. The fourth-order valence-electron chi connectivity index (χ4n) is 3.21. The highest BCUT2D eigenvalue weighted by Gasteiger charge is 2.20. The van der Waals surface area contributed by atoms with Crippen LogP contribution in [0, 0.1) is 6.92 Å². The molecule has 1 N–H and O–H groups in total. The molecule has 0 aliphatic heterocycles. The van der Waals surface area contributed by atoms with Gasteiger partial charge in [-0.3, -0.25) is 4.79 Å². The van der Waals surface area contributed by atoms with Crippen molar-refractivity contribution in [3.8, 4) is 5.75 Å². The van der Waals surface area contributed by atoms with Crippen molar-refractivity contribution in [3.05, 3.63) is 57.6 Å². The van der Waals surface area contributed by atoms with Crippen LogP contribution in [0.25, 0.3) is 0 Å². The van der Waals surface area contributed by atoms with Crippen LogP contribution in [0.4, 0.5) is 5.69 Å². The number of amides is 1. The highest BCUT2D eigenvalue weighted by atomic mass is 79.9. The van der Waals surface area contributed by atoms with Gasteiger partial charge in [0, 0.05) is 10.2 Å². The number of nitrogens with one attached hydrogen (secondary N) is 1. The molecular formula is C21H24BrNO2. The number of hydrogen-bond donors (Lipinski definition) is 1. The topological polar surface area (TPSA) is 38.3 Å². The molecule has 3 rings (SSSR count). The lowest BCUT2D eigenvalue weighted by Gasteiger charge is -2.20. The van der Waals surface area contributed by atoms with Gasteiger partial charge in [-0.1, -0.05) is 28.9 Å². The first-order chi connectivity index (χ1) is 12.1. The van der Waals surface area contributed by atoms with E-state index in [4.69, 9.17) is 4.74 Å². The van der Waals surface area contributed by atoms with Gasteiger partial charge in [0.1, 0.15) is 5.75 Å². The van der Waals surface area contributed by atoms with Crippen LogP contribution >= 0.6 is 15.9 Å². The van der Waals surface area contributed by atoms with E-state index >= 15 is 0 Å². The third kappa shape index (κ3) is 4.43. The predicted molar refractivity (Wildman–Crippen MR) is 105 cm³/mol. The van der Waals surface area contributed by atoms with Crippen molar-refractivity contribution in [1.29, 1.82) is 0 Å². The Morgan fingerprint density at radius 1 is 1.16 bits per heavy atom. The Balaban J connectivity index is 1.69. The second kappa shape index (κ2) is 8.05. The van der Waals surface area contributed by atoms with Crippen molar-refractivity contribution in [1.82, 2.24) is 0 Å². The first kappa shape index (κ1) is 18.0. The summed E-state index contributed by atoms with van der Waals surface area (Å²) in [4.78, 5) is 12.6. The van der Waals surface area contributed by atoms with Gasteiger partial charge in [-0.15, -0.1) is 0 Å². The van der Waals surface area contributed by atoms with E-state index in [-0.39, 0.29) is 5.91 Å². The Kier molecular flexibility index (Phi) is 5.79. The highest BCUT2D eigenvalue weighted by Crippen LogP contribution is 2.26. The second-order valence-corrected chi connectivity index (χ2v) is 7.46. The fourth-order valence-corrected chi connectivity index (χ4v) is 3.46. The Morgan fingerprint density at radius 3 is 2.64 bits per heavy atom. The van der Waals surface area contributed by atoms with Gasteiger partial charge in [0.15, 0.2) is 6.10 Å². The van der Waals surface area contributed by atoms with Crippen molar-refractivity contribution >= 4 is 27.5 Å². The maximum Gasteiger partial charge on any atom is 0.265 e. The number of carbonyl (C=O) groups is 1. The maximum absolute atomic E-state index is 12.6. The third-order valence-electron chi connectivity index (χ3n) is 4.69. The summed E-state index contributed by atoms with van der Waals surface area (Å²) in [5, 5.41) is 2.96. The number of hydrogen-bond acceptors (Lipinski definition) is 2. The van der Waals surface area contributed by atoms with Crippen molar-refractivity contribution in [2.45, 2.75) is 52.1 Å². The van der Waals surface area contributed by atoms with Crippen molar-refractivity contribution in [3.63, 3.8) is 0 Å². The number of rotatable bonds is 5. The number of ether oxygens (including phenoxy) is 1. The lowest BCUT2D eigenvalue weighted by Crippen LogP contribution is -2.32. The summed E-state index contributed by atoms with van der Waals surface area (Å²) in [5.41, 5.74) is 4.66. The van der Waals surface area contributed by atoms with Crippen molar-refractivity contribution < 1.29 is 9.53 Å². The lowest BCUT2D eigenvalue weighted by molar-refractivity contribution is -0.122. The molecule has 132 valence electrons. The zero-order valence-corrected chi connectivity index (χ0v) is 16.4. The van der Waals surface area contributed by atoms with Gasteiger partial charge in [-0.25, -0.2) is 0 Å². The molecule has 0 radical (unpaired) electrons. The zero-order valence-electron chi connectivity index (χ0n) is 14.8. The molecule has 0 aromatic heterocycles. The molecule has 0 saturated heterocycles. The van der Waals surface area contributed by atoms with Crippen LogP contribution in [-0.2, 0) is 17.6 Å². The van der Waals surface area contributed by atoms with E-state index in [1.54, 1.807) is 0 Å². The molecule has 1 atom stereocenters. The number of aryl methyl sites for hydroxylation is 3. The summed E-state index contributed by atoms with van der Waals surface area (Å²) in [6.45, 7) is 3.97. The minimum Gasteiger partial charge on any atom is -0.481 e. The van der Waals surface area contributed by atoms with Crippen LogP contribution < -0.4 is 10.1 Å². The first-order valence-corrected chi connectivity index (χ1v) is 9.71. The molecule has 0 spiro atoms. The molecule has 0 bridgehead atoms. The first-order valence-electron chi connectivity index (χ1n) is 8.92. The summed E-state index contributed by atoms with van der Waals surface area (Å²) in [5.74, 6) is 0.677. The van der Waals surface area contributed by atoms with Gasteiger partial charge < -0.3 is 10.1 Å². The maximum atomic E-state index is 12.6. The minimum absolute atomic E-state index is 0.109. The van der Waals surface area contributed by atoms with Crippen molar-refractivity contribution in [2.75, 3.05) is 5.32 Å². The summed E-state index contributed by atoms with van der Waals surface area (Å²) in [7, 11) is 0. The monoisotopic (exact) mass is 401 g/mol. The molecule has 1 amide bonds. The molecule has 2 aromatic carbocycles. The van der Waals surface area contributed by atoms with Crippen LogP contribution in [0.1, 0.15) is 42.9 Å².